The number of aromatic amines is 1. The van der Waals surface area contributed by atoms with Gasteiger partial charge in [-0.3, -0.25) is 14.6 Å². The number of rotatable bonds is 4. The second-order valence-corrected chi connectivity index (χ2v) is 7.24. The van der Waals surface area contributed by atoms with Crippen LogP contribution in [0.25, 0.3) is 0 Å². The number of amides is 1. The Morgan fingerprint density at radius 3 is 2.58 bits per heavy atom. The van der Waals surface area contributed by atoms with Crippen LogP contribution in [0.4, 0.5) is 10.2 Å². The van der Waals surface area contributed by atoms with Gasteiger partial charge in [-0.15, -0.1) is 0 Å². The van der Waals surface area contributed by atoms with Crippen LogP contribution in [0.15, 0.2) is 44.0 Å². The maximum Gasteiger partial charge on any atom is 0.278 e. The molecule has 0 spiro atoms. The van der Waals surface area contributed by atoms with Crippen LogP contribution < -0.4 is 5.32 Å². The highest BCUT2D eigenvalue weighted by atomic mass is 79.9. The smallest absolute Gasteiger partial charge is 0.278 e. The van der Waals surface area contributed by atoms with Gasteiger partial charge in [0.25, 0.3) is 5.91 Å². The molecule has 0 aliphatic heterocycles. The summed E-state index contributed by atoms with van der Waals surface area (Å²) in [4.78, 5) is 12.2. The normalized spacial score (nSPS) is 10.8. The van der Waals surface area contributed by atoms with Crippen molar-refractivity contribution in [3.8, 4) is 0 Å². The third-order valence-electron chi connectivity index (χ3n) is 3.09. The summed E-state index contributed by atoms with van der Waals surface area (Å²) in [6.07, 6.45) is 1.73. The van der Waals surface area contributed by atoms with Crippen molar-refractivity contribution in [2.45, 2.75) is 6.54 Å². The lowest BCUT2D eigenvalue weighted by Gasteiger charge is -2.02. The first-order valence-electron chi connectivity index (χ1n) is 6.62. The van der Waals surface area contributed by atoms with Crippen molar-refractivity contribution in [3.63, 3.8) is 0 Å². The molecule has 2 N–H and O–H groups in total. The number of benzene rings is 1. The number of carbonyl (C=O) groups excluding carboxylic acids is 1. The summed E-state index contributed by atoms with van der Waals surface area (Å²) in [5, 5.41) is 13.6. The lowest BCUT2D eigenvalue weighted by atomic mass is 10.2. The summed E-state index contributed by atoms with van der Waals surface area (Å²) in [7, 11) is 0. The molecule has 2 heterocycles. The number of H-pyrrole nitrogens is 1. The average molecular weight is 522 g/mol. The van der Waals surface area contributed by atoms with E-state index in [1.807, 2.05) is 0 Å². The Balaban J connectivity index is 1.75. The van der Waals surface area contributed by atoms with Crippen LogP contribution in [0, 0.1) is 5.82 Å². The van der Waals surface area contributed by atoms with Gasteiger partial charge in [0.05, 0.1) is 15.5 Å². The standard InChI is InChI=1S/C14H9Br3FN5O/c15-9-6-23(5-7-1-3-8(18)4-2-7)22-13(9)19-14(24)11-10(16)12(17)21-20-11/h1-4,6H,5H2,(H,20,21)(H,19,22,24). The molecule has 0 fully saturated rings. The fourth-order valence-corrected chi connectivity index (χ4v) is 3.01. The van der Waals surface area contributed by atoms with Gasteiger partial charge in [-0.25, -0.2) is 4.39 Å². The molecule has 0 saturated carbocycles. The lowest BCUT2D eigenvalue weighted by molar-refractivity contribution is 0.102. The first-order chi connectivity index (χ1) is 11.4. The topological polar surface area (TPSA) is 75.6 Å². The van der Waals surface area contributed by atoms with Gasteiger partial charge < -0.3 is 5.32 Å². The van der Waals surface area contributed by atoms with E-state index in [2.05, 4.69) is 68.4 Å². The summed E-state index contributed by atoms with van der Waals surface area (Å²) < 4.78 is 16.3. The highest BCUT2D eigenvalue weighted by Crippen LogP contribution is 2.26. The van der Waals surface area contributed by atoms with E-state index in [4.69, 9.17) is 0 Å². The maximum absolute atomic E-state index is 12.9. The third-order valence-corrected chi connectivity index (χ3v) is 5.55. The molecule has 0 aliphatic carbocycles. The molecule has 0 radical (unpaired) electrons. The van der Waals surface area contributed by atoms with Crippen LogP contribution in [0.1, 0.15) is 16.1 Å². The first-order valence-corrected chi connectivity index (χ1v) is 9.00. The molecule has 0 bridgehead atoms. The fraction of sp³-hybridized carbons (Fsp3) is 0.0714. The Kier molecular flexibility index (Phi) is 5.16. The Bertz CT molecular complexity index is 890. The van der Waals surface area contributed by atoms with Crippen molar-refractivity contribution in [2.75, 3.05) is 5.32 Å². The summed E-state index contributed by atoms with van der Waals surface area (Å²) in [5.74, 6) is -0.325. The van der Waals surface area contributed by atoms with E-state index >= 15 is 0 Å². The van der Waals surface area contributed by atoms with E-state index in [1.54, 1.807) is 23.0 Å². The van der Waals surface area contributed by atoms with Gasteiger partial charge >= 0.3 is 0 Å². The number of halogens is 4. The highest BCUT2D eigenvalue weighted by Gasteiger charge is 2.19. The second kappa shape index (κ2) is 7.16. The van der Waals surface area contributed by atoms with Gasteiger partial charge in [0.2, 0.25) is 0 Å². The summed E-state index contributed by atoms with van der Waals surface area (Å²) >= 11 is 9.86. The molecule has 1 aromatic carbocycles. The van der Waals surface area contributed by atoms with Crippen LogP contribution in [0.5, 0.6) is 0 Å². The number of hydrogen-bond acceptors (Lipinski definition) is 3. The van der Waals surface area contributed by atoms with Crippen molar-refractivity contribution in [2.24, 2.45) is 0 Å². The number of hydrogen-bond donors (Lipinski definition) is 2. The molecular weight excluding hydrogens is 513 g/mol. The molecule has 0 aliphatic rings. The fourth-order valence-electron chi connectivity index (χ4n) is 1.96. The van der Waals surface area contributed by atoms with Gasteiger partial charge in [-0.1, -0.05) is 12.1 Å². The predicted octanol–water partition coefficient (Wildman–Crippen LogP) is 4.33. The minimum absolute atomic E-state index is 0.210. The van der Waals surface area contributed by atoms with Crippen LogP contribution in [-0.4, -0.2) is 25.9 Å². The van der Waals surface area contributed by atoms with Gasteiger partial charge in [0.1, 0.15) is 10.4 Å². The molecule has 3 rings (SSSR count). The van der Waals surface area contributed by atoms with Crippen molar-refractivity contribution in [1.82, 2.24) is 20.0 Å². The van der Waals surface area contributed by atoms with E-state index in [-0.39, 0.29) is 11.5 Å². The van der Waals surface area contributed by atoms with Gasteiger partial charge in [0, 0.05) is 6.20 Å². The predicted molar refractivity (Wildman–Crippen MR) is 97.4 cm³/mol. The zero-order valence-corrected chi connectivity index (χ0v) is 16.6. The SMILES string of the molecule is O=C(Nc1nn(Cc2ccc(F)cc2)cc1Br)c1n[nH]c(Br)c1Br. The molecule has 6 nitrogen and oxygen atoms in total. The van der Waals surface area contributed by atoms with Crippen molar-refractivity contribution in [3.05, 3.63) is 61.1 Å². The Morgan fingerprint density at radius 1 is 1.25 bits per heavy atom. The van der Waals surface area contributed by atoms with Crippen LogP contribution in [0.3, 0.4) is 0 Å². The quantitative estimate of drug-likeness (QED) is 0.536. The van der Waals surface area contributed by atoms with Gasteiger partial charge in [0.15, 0.2) is 11.5 Å². The average Bonchev–Trinajstić information content (AvgIpc) is 3.05. The highest BCUT2D eigenvalue weighted by molar-refractivity contribution is 9.13. The van der Waals surface area contributed by atoms with E-state index in [9.17, 15) is 9.18 Å². The van der Waals surface area contributed by atoms with E-state index in [0.717, 1.165) is 5.56 Å². The van der Waals surface area contributed by atoms with Gasteiger partial charge in [-0.05, 0) is 65.5 Å². The Morgan fingerprint density at radius 2 is 1.96 bits per heavy atom. The van der Waals surface area contributed by atoms with E-state index in [0.29, 0.717) is 25.9 Å². The summed E-state index contributed by atoms with van der Waals surface area (Å²) in [6.45, 7) is 0.451. The summed E-state index contributed by atoms with van der Waals surface area (Å²) in [5.41, 5.74) is 1.10. The molecule has 10 heteroatoms. The molecule has 0 unspecified atom stereocenters. The van der Waals surface area contributed by atoms with Crippen molar-refractivity contribution < 1.29 is 9.18 Å². The molecule has 124 valence electrons. The van der Waals surface area contributed by atoms with Crippen molar-refractivity contribution >= 4 is 59.5 Å². The third kappa shape index (κ3) is 3.76. The zero-order chi connectivity index (χ0) is 17.3. The first kappa shape index (κ1) is 17.3. The number of nitrogens with one attached hydrogen (secondary N) is 2. The number of aromatic nitrogens is 4. The minimum Gasteiger partial charge on any atom is -0.303 e. The molecule has 3 aromatic rings. The molecule has 0 saturated heterocycles. The molecule has 2 aromatic heterocycles. The van der Waals surface area contributed by atoms with Crippen LogP contribution in [-0.2, 0) is 6.54 Å². The Hall–Kier alpha value is -1.52. The van der Waals surface area contributed by atoms with Gasteiger partial charge in [-0.2, -0.15) is 10.2 Å². The molecule has 24 heavy (non-hydrogen) atoms. The number of carbonyl (C=O) groups is 1. The second-order valence-electron chi connectivity index (χ2n) is 4.80. The van der Waals surface area contributed by atoms with Crippen LogP contribution >= 0.6 is 47.8 Å². The van der Waals surface area contributed by atoms with E-state index in [1.165, 1.54) is 12.1 Å². The number of nitrogens with zero attached hydrogens (tertiary/aromatic N) is 3. The molecule has 1 amide bonds. The molecule has 0 atom stereocenters. The largest absolute Gasteiger partial charge is 0.303 e. The number of anilines is 1. The molecular formula is C14H9Br3FN5O. The monoisotopic (exact) mass is 519 g/mol. The van der Waals surface area contributed by atoms with Crippen molar-refractivity contribution in [1.29, 1.82) is 0 Å². The lowest BCUT2D eigenvalue weighted by Crippen LogP contribution is -2.14. The Labute approximate surface area is 161 Å². The maximum atomic E-state index is 12.9. The van der Waals surface area contributed by atoms with Crippen LogP contribution in [0.2, 0.25) is 0 Å². The zero-order valence-electron chi connectivity index (χ0n) is 11.9. The minimum atomic E-state index is -0.406. The summed E-state index contributed by atoms with van der Waals surface area (Å²) in [6, 6.07) is 6.15. The van der Waals surface area contributed by atoms with E-state index < -0.39 is 5.91 Å².